The molecule has 94 valence electrons. The van der Waals surface area contributed by atoms with Crippen LogP contribution in [-0.2, 0) is 11.3 Å². The second-order valence-electron chi connectivity index (χ2n) is 4.65. The number of primary amides is 1. The molecule has 0 fully saturated rings. The maximum atomic E-state index is 13.0. The molecule has 0 saturated heterocycles. The van der Waals surface area contributed by atoms with Crippen molar-refractivity contribution in [2.24, 2.45) is 5.73 Å². The SMILES string of the molecule is CC(C)(CC(N)=O)NCc1cc(F)ccc1O. The Morgan fingerprint density at radius 2 is 2.18 bits per heavy atom. The molecular weight excluding hydrogens is 223 g/mol. The van der Waals surface area contributed by atoms with Crippen LogP contribution in [0.4, 0.5) is 4.39 Å². The Morgan fingerprint density at radius 1 is 1.53 bits per heavy atom. The Kier molecular flexibility index (Phi) is 4.07. The van der Waals surface area contributed by atoms with Crippen molar-refractivity contribution in [3.05, 3.63) is 29.6 Å². The Hall–Kier alpha value is -1.62. The molecule has 1 rings (SSSR count). The van der Waals surface area contributed by atoms with Crippen molar-refractivity contribution in [2.45, 2.75) is 32.4 Å². The first-order valence-corrected chi connectivity index (χ1v) is 5.31. The van der Waals surface area contributed by atoms with Gasteiger partial charge in [0.1, 0.15) is 11.6 Å². The van der Waals surface area contributed by atoms with E-state index in [4.69, 9.17) is 5.73 Å². The summed E-state index contributed by atoms with van der Waals surface area (Å²) < 4.78 is 13.0. The third-order valence-electron chi connectivity index (χ3n) is 2.42. The predicted octanol–water partition coefficient (Wildman–Crippen LogP) is 1.27. The van der Waals surface area contributed by atoms with E-state index in [9.17, 15) is 14.3 Å². The molecule has 0 heterocycles. The fourth-order valence-corrected chi connectivity index (χ4v) is 1.53. The van der Waals surface area contributed by atoms with Gasteiger partial charge in [-0.05, 0) is 32.0 Å². The number of amides is 1. The van der Waals surface area contributed by atoms with E-state index in [1.54, 1.807) is 0 Å². The van der Waals surface area contributed by atoms with Crippen LogP contribution in [0.25, 0.3) is 0 Å². The van der Waals surface area contributed by atoms with Crippen LogP contribution < -0.4 is 11.1 Å². The normalized spacial score (nSPS) is 11.5. The summed E-state index contributed by atoms with van der Waals surface area (Å²) in [5.74, 6) is -0.799. The Labute approximate surface area is 99.6 Å². The summed E-state index contributed by atoms with van der Waals surface area (Å²) in [5, 5.41) is 12.6. The molecule has 0 unspecified atom stereocenters. The van der Waals surface area contributed by atoms with Gasteiger partial charge in [0.15, 0.2) is 0 Å². The van der Waals surface area contributed by atoms with Crippen LogP contribution in [0.2, 0.25) is 0 Å². The molecule has 0 bridgehead atoms. The Bertz CT molecular complexity index is 419. The number of hydrogen-bond acceptors (Lipinski definition) is 3. The van der Waals surface area contributed by atoms with Gasteiger partial charge in [-0.25, -0.2) is 4.39 Å². The number of rotatable bonds is 5. The summed E-state index contributed by atoms with van der Waals surface area (Å²) in [4.78, 5) is 10.8. The van der Waals surface area contributed by atoms with Crippen LogP contribution in [0.3, 0.4) is 0 Å². The quantitative estimate of drug-likeness (QED) is 0.725. The van der Waals surface area contributed by atoms with Crippen molar-refractivity contribution >= 4 is 5.91 Å². The fraction of sp³-hybridized carbons (Fsp3) is 0.417. The number of halogens is 1. The molecule has 0 saturated carbocycles. The lowest BCUT2D eigenvalue weighted by atomic mass is 10.00. The number of benzene rings is 1. The molecule has 0 aliphatic heterocycles. The highest BCUT2D eigenvalue weighted by atomic mass is 19.1. The summed E-state index contributed by atoms with van der Waals surface area (Å²) in [5.41, 5.74) is 5.06. The van der Waals surface area contributed by atoms with Crippen LogP contribution in [0.5, 0.6) is 5.75 Å². The van der Waals surface area contributed by atoms with E-state index < -0.39 is 17.3 Å². The molecule has 4 nitrogen and oxygen atoms in total. The van der Waals surface area contributed by atoms with Gasteiger partial charge >= 0.3 is 0 Å². The minimum absolute atomic E-state index is 0.0220. The van der Waals surface area contributed by atoms with E-state index in [2.05, 4.69) is 5.32 Å². The fourth-order valence-electron chi connectivity index (χ4n) is 1.53. The number of carbonyl (C=O) groups excluding carboxylic acids is 1. The van der Waals surface area contributed by atoms with E-state index in [0.717, 1.165) is 0 Å². The zero-order valence-electron chi connectivity index (χ0n) is 9.96. The van der Waals surface area contributed by atoms with Gasteiger partial charge in [0, 0.05) is 24.1 Å². The van der Waals surface area contributed by atoms with Crippen molar-refractivity contribution in [2.75, 3.05) is 0 Å². The number of phenolic OH excluding ortho intramolecular Hbond substituents is 1. The lowest BCUT2D eigenvalue weighted by Gasteiger charge is -2.25. The van der Waals surface area contributed by atoms with Gasteiger partial charge < -0.3 is 16.2 Å². The minimum Gasteiger partial charge on any atom is -0.508 e. The molecule has 0 aromatic heterocycles. The lowest BCUT2D eigenvalue weighted by Crippen LogP contribution is -2.42. The molecule has 1 aromatic rings. The van der Waals surface area contributed by atoms with Gasteiger partial charge in [0.2, 0.25) is 5.91 Å². The van der Waals surface area contributed by atoms with E-state index in [-0.39, 0.29) is 18.7 Å². The van der Waals surface area contributed by atoms with E-state index in [1.165, 1.54) is 18.2 Å². The Balaban J connectivity index is 2.66. The maximum Gasteiger partial charge on any atom is 0.219 e. The molecule has 0 aliphatic carbocycles. The van der Waals surface area contributed by atoms with Crippen molar-refractivity contribution in [3.63, 3.8) is 0 Å². The van der Waals surface area contributed by atoms with Crippen LogP contribution in [0, 0.1) is 5.82 Å². The summed E-state index contributed by atoms with van der Waals surface area (Å²) in [7, 11) is 0. The van der Waals surface area contributed by atoms with Crippen molar-refractivity contribution in [1.29, 1.82) is 0 Å². The number of aromatic hydroxyl groups is 1. The first-order chi connectivity index (χ1) is 7.80. The summed E-state index contributed by atoms with van der Waals surface area (Å²) in [6, 6.07) is 3.74. The molecule has 0 aliphatic rings. The number of hydrogen-bond donors (Lipinski definition) is 3. The molecule has 4 N–H and O–H groups in total. The summed E-state index contributed by atoms with van der Waals surface area (Å²) >= 11 is 0. The smallest absolute Gasteiger partial charge is 0.219 e. The highest BCUT2D eigenvalue weighted by Crippen LogP contribution is 2.19. The molecule has 0 atom stereocenters. The third kappa shape index (κ3) is 4.40. The summed E-state index contributed by atoms with van der Waals surface area (Å²) in [6.07, 6.45) is 0.170. The maximum absolute atomic E-state index is 13.0. The highest BCUT2D eigenvalue weighted by molar-refractivity contribution is 5.75. The number of phenols is 1. The molecule has 0 spiro atoms. The van der Waals surface area contributed by atoms with Crippen LogP contribution in [0.1, 0.15) is 25.8 Å². The zero-order valence-corrected chi connectivity index (χ0v) is 9.96. The first kappa shape index (κ1) is 13.4. The standard InChI is InChI=1S/C12H17FN2O2/c1-12(2,6-11(14)17)15-7-8-5-9(13)3-4-10(8)16/h3-5,15-16H,6-7H2,1-2H3,(H2,14,17). The first-order valence-electron chi connectivity index (χ1n) is 5.31. The minimum atomic E-state index is -0.495. The van der Waals surface area contributed by atoms with Gasteiger partial charge in [0.25, 0.3) is 0 Å². The monoisotopic (exact) mass is 240 g/mol. The zero-order chi connectivity index (χ0) is 13.1. The molecule has 1 amide bonds. The van der Waals surface area contributed by atoms with Crippen molar-refractivity contribution in [1.82, 2.24) is 5.32 Å². The van der Waals surface area contributed by atoms with E-state index in [0.29, 0.717) is 5.56 Å². The Morgan fingerprint density at radius 3 is 2.76 bits per heavy atom. The van der Waals surface area contributed by atoms with Crippen molar-refractivity contribution < 1.29 is 14.3 Å². The average molecular weight is 240 g/mol. The van der Waals surface area contributed by atoms with E-state index >= 15 is 0 Å². The highest BCUT2D eigenvalue weighted by Gasteiger charge is 2.20. The average Bonchev–Trinajstić information content (AvgIpc) is 2.17. The number of nitrogens with one attached hydrogen (secondary N) is 1. The van der Waals surface area contributed by atoms with Crippen molar-refractivity contribution in [3.8, 4) is 5.75 Å². The van der Waals surface area contributed by atoms with Gasteiger partial charge in [-0.2, -0.15) is 0 Å². The number of carbonyl (C=O) groups is 1. The third-order valence-corrected chi connectivity index (χ3v) is 2.42. The van der Waals surface area contributed by atoms with Gasteiger partial charge in [-0.1, -0.05) is 0 Å². The van der Waals surface area contributed by atoms with E-state index in [1.807, 2.05) is 13.8 Å². The molecule has 1 aromatic carbocycles. The topological polar surface area (TPSA) is 75.4 Å². The van der Waals surface area contributed by atoms with Crippen LogP contribution in [-0.4, -0.2) is 16.6 Å². The van der Waals surface area contributed by atoms with Gasteiger partial charge in [-0.3, -0.25) is 4.79 Å². The predicted molar refractivity (Wildman–Crippen MR) is 62.8 cm³/mol. The molecule has 5 heteroatoms. The molecule has 17 heavy (non-hydrogen) atoms. The van der Waals surface area contributed by atoms with Crippen LogP contribution in [0.15, 0.2) is 18.2 Å². The largest absolute Gasteiger partial charge is 0.508 e. The molecule has 0 radical (unpaired) electrons. The second kappa shape index (κ2) is 5.14. The van der Waals surface area contributed by atoms with Gasteiger partial charge in [-0.15, -0.1) is 0 Å². The second-order valence-corrected chi connectivity index (χ2v) is 4.65. The summed E-state index contributed by atoms with van der Waals surface area (Å²) in [6.45, 7) is 3.89. The number of nitrogens with two attached hydrogens (primary N) is 1. The molecular formula is C12H17FN2O2. The lowest BCUT2D eigenvalue weighted by molar-refractivity contribution is -0.119. The van der Waals surface area contributed by atoms with Crippen LogP contribution >= 0.6 is 0 Å². The van der Waals surface area contributed by atoms with Gasteiger partial charge in [0.05, 0.1) is 0 Å².